The molecule has 0 aromatic carbocycles. The Morgan fingerprint density at radius 1 is 1.21 bits per heavy atom. The number of aliphatic carboxylic acids is 1. The average Bonchev–Trinajstić information content (AvgIpc) is 1.97. The predicted molar refractivity (Wildman–Crippen MR) is 56.3 cm³/mol. The molecule has 3 nitrogen and oxygen atoms in total. The maximum atomic E-state index is 10.6. The number of carboxylic acids is 1. The van der Waals surface area contributed by atoms with Gasteiger partial charge in [-0.2, -0.15) is 0 Å². The summed E-state index contributed by atoms with van der Waals surface area (Å²) in [6, 6.07) is 0. The molecule has 1 N–H and O–H groups in total. The molecular weight excluding hydrogens is 180 g/mol. The smallest absolute Gasteiger partial charge is 0.305 e. The van der Waals surface area contributed by atoms with Gasteiger partial charge in [0.1, 0.15) is 0 Å². The Labute approximate surface area is 86.5 Å². The zero-order valence-corrected chi connectivity index (χ0v) is 9.62. The van der Waals surface area contributed by atoms with E-state index in [9.17, 15) is 4.79 Å². The predicted octanol–water partition coefficient (Wildman–Crippen LogP) is 2.55. The summed E-state index contributed by atoms with van der Waals surface area (Å²) in [5, 5.41) is 8.68. The van der Waals surface area contributed by atoms with Gasteiger partial charge in [-0.1, -0.05) is 27.7 Å². The molecule has 0 aromatic heterocycles. The Hall–Kier alpha value is -0.570. The number of hydrogen-bond donors (Lipinski definition) is 1. The Kier molecular flexibility index (Phi) is 6.54. The lowest BCUT2D eigenvalue weighted by Gasteiger charge is -2.19. The van der Waals surface area contributed by atoms with Crippen molar-refractivity contribution in [3.05, 3.63) is 0 Å². The van der Waals surface area contributed by atoms with E-state index in [0.717, 1.165) is 6.42 Å². The van der Waals surface area contributed by atoms with Crippen molar-refractivity contribution in [3.63, 3.8) is 0 Å². The van der Waals surface area contributed by atoms with Gasteiger partial charge in [0.2, 0.25) is 0 Å². The van der Waals surface area contributed by atoms with Crippen LogP contribution in [0.15, 0.2) is 0 Å². The van der Waals surface area contributed by atoms with Crippen LogP contribution in [0.3, 0.4) is 0 Å². The van der Waals surface area contributed by atoms with Crippen LogP contribution in [0.2, 0.25) is 0 Å². The summed E-state index contributed by atoms with van der Waals surface area (Å²) < 4.78 is 5.54. The molecule has 0 bridgehead atoms. The minimum absolute atomic E-state index is 0.116. The molecule has 0 saturated carbocycles. The van der Waals surface area contributed by atoms with Crippen LogP contribution in [0.1, 0.15) is 40.5 Å². The highest BCUT2D eigenvalue weighted by molar-refractivity contribution is 5.67. The van der Waals surface area contributed by atoms with Crippen LogP contribution >= 0.6 is 0 Å². The molecule has 84 valence electrons. The molecule has 3 heteroatoms. The third kappa shape index (κ3) is 8.05. The third-order valence-corrected chi connectivity index (χ3v) is 1.80. The highest BCUT2D eigenvalue weighted by atomic mass is 16.5. The largest absolute Gasteiger partial charge is 0.481 e. The third-order valence-electron chi connectivity index (χ3n) is 1.80. The van der Waals surface area contributed by atoms with E-state index in [-0.39, 0.29) is 12.5 Å². The van der Waals surface area contributed by atoms with Gasteiger partial charge in [-0.15, -0.1) is 0 Å². The minimum Gasteiger partial charge on any atom is -0.481 e. The van der Waals surface area contributed by atoms with Crippen molar-refractivity contribution in [1.82, 2.24) is 0 Å². The van der Waals surface area contributed by atoms with Crippen molar-refractivity contribution in [2.24, 2.45) is 11.8 Å². The van der Waals surface area contributed by atoms with Crippen molar-refractivity contribution in [1.29, 1.82) is 0 Å². The zero-order chi connectivity index (χ0) is 11.1. The maximum absolute atomic E-state index is 10.6. The highest BCUT2D eigenvalue weighted by Crippen LogP contribution is 2.13. The second-order valence-electron chi connectivity index (χ2n) is 4.58. The molecule has 0 aliphatic heterocycles. The van der Waals surface area contributed by atoms with Gasteiger partial charge in [-0.05, 0) is 18.3 Å². The van der Waals surface area contributed by atoms with Crippen LogP contribution in [0.25, 0.3) is 0 Å². The lowest BCUT2D eigenvalue weighted by molar-refractivity contribution is -0.140. The molecule has 0 fully saturated rings. The van der Waals surface area contributed by atoms with Gasteiger partial charge in [0, 0.05) is 6.61 Å². The van der Waals surface area contributed by atoms with E-state index < -0.39 is 5.97 Å². The lowest BCUT2D eigenvalue weighted by Crippen LogP contribution is -2.21. The van der Waals surface area contributed by atoms with Gasteiger partial charge >= 0.3 is 5.97 Å². The highest BCUT2D eigenvalue weighted by Gasteiger charge is 2.15. The number of rotatable bonds is 7. The van der Waals surface area contributed by atoms with E-state index in [0.29, 0.717) is 18.4 Å². The molecule has 0 radical (unpaired) electrons. The van der Waals surface area contributed by atoms with E-state index in [4.69, 9.17) is 9.84 Å². The first-order chi connectivity index (χ1) is 6.41. The van der Waals surface area contributed by atoms with Crippen LogP contribution < -0.4 is 0 Å². The average molecular weight is 202 g/mol. The molecule has 1 atom stereocenters. The monoisotopic (exact) mass is 202 g/mol. The van der Waals surface area contributed by atoms with Gasteiger partial charge in [0.15, 0.2) is 0 Å². The van der Waals surface area contributed by atoms with E-state index in [1.54, 1.807) is 0 Å². The Morgan fingerprint density at radius 3 is 2.14 bits per heavy atom. The molecule has 1 unspecified atom stereocenters. The second-order valence-corrected chi connectivity index (χ2v) is 4.58. The van der Waals surface area contributed by atoms with E-state index in [2.05, 4.69) is 27.7 Å². The first-order valence-electron chi connectivity index (χ1n) is 5.25. The van der Waals surface area contributed by atoms with Crippen LogP contribution in [-0.2, 0) is 9.53 Å². The Morgan fingerprint density at radius 2 is 1.79 bits per heavy atom. The normalized spacial score (nSPS) is 13.6. The molecule has 0 heterocycles. The fourth-order valence-electron chi connectivity index (χ4n) is 1.26. The van der Waals surface area contributed by atoms with Gasteiger partial charge in [0.25, 0.3) is 0 Å². The molecule has 0 amide bonds. The van der Waals surface area contributed by atoms with Crippen molar-refractivity contribution in [3.8, 4) is 0 Å². The number of hydrogen-bond acceptors (Lipinski definition) is 2. The zero-order valence-electron chi connectivity index (χ0n) is 9.62. The molecule has 0 rings (SSSR count). The summed E-state index contributed by atoms with van der Waals surface area (Å²) in [4.78, 5) is 10.6. The molecule has 0 aliphatic carbocycles. The lowest BCUT2D eigenvalue weighted by atomic mass is 10.0. The topological polar surface area (TPSA) is 46.5 Å². The standard InChI is InChI=1S/C11H22O3/c1-8(2)5-10(6-11(12)13)14-7-9(3)4/h8-10H,5-7H2,1-4H3,(H,12,13). The van der Waals surface area contributed by atoms with Crippen molar-refractivity contribution >= 4 is 5.97 Å². The van der Waals surface area contributed by atoms with Crippen LogP contribution in [0, 0.1) is 11.8 Å². The fourth-order valence-corrected chi connectivity index (χ4v) is 1.26. The van der Waals surface area contributed by atoms with Gasteiger partial charge < -0.3 is 9.84 Å². The number of carboxylic acid groups (broad SMARTS) is 1. The summed E-state index contributed by atoms with van der Waals surface area (Å²) in [5.74, 6) is 0.157. The Balaban J connectivity index is 3.90. The van der Waals surface area contributed by atoms with Gasteiger partial charge in [0.05, 0.1) is 12.5 Å². The quantitative estimate of drug-likeness (QED) is 0.690. The van der Waals surface area contributed by atoms with Crippen molar-refractivity contribution in [2.75, 3.05) is 6.61 Å². The molecule has 0 aliphatic rings. The van der Waals surface area contributed by atoms with Gasteiger partial charge in [-0.25, -0.2) is 0 Å². The first kappa shape index (κ1) is 13.4. The fraction of sp³-hybridized carbons (Fsp3) is 0.909. The van der Waals surface area contributed by atoms with E-state index in [1.807, 2.05) is 0 Å². The number of carbonyl (C=O) groups is 1. The molecular formula is C11H22O3. The second kappa shape index (κ2) is 6.82. The summed E-state index contributed by atoms with van der Waals surface area (Å²) in [6.07, 6.45) is 0.805. The summed E-state index contributed by atoms with van der Waals surface area (Å²) in [6.45, 7) is 8.92. The van der Waals surface area contributed by atoms with Gasteiger partial charge in [-0.3, -0.25) is 4.79 Å². The SMILES string of the molecule is CC(C)COC(CC(=O)O)CC(C)C. The van der Waals surface area contributed by atoms with Crippen LogP contribution in [-0.4, -0.2) is 23.8 Å². The maximum Gasteiger partial charge on any atom is 0.305 e. The summed E-state index contributed by atoms with van der Waals surface area (Å²) in [7, 11) is 0. The molecule has 0 aromatic rings. The van der Waals surface area contributed by atoms with Crippen LogP contribution in [0.5, 0.6) is 0 Å². The minimum atomic E-state index is -0.778. The van der Waals surface area contributed by atoms with Crippen LogP contribution in [0.4, 0.5) is 0 Å². The van der Waals surface area contributed by atoms with E-state index in [1.165, 1.54) is 0 Å². The van der Waals surface area contributed by atoms with Crippen molar-refractivity contribution in [2.45, 2.75) is 46.6 Å². The molecule has 14 heavy (non-hydrogen) atoms. The summed E-state index contributed by atoms with van der Waals surface area (Å²) >= 11 is 0. The Bertz CT molecular complexity index is 164. The van der Waals surface area contributed by atoms with E-state index >= 15 is 0 Å². The van der Waals surface area contributed by atoms with Crippen molar-refractivity contribution < 1.29 is 14.6 Å². The molecule has 0 saturated heterocycles. The first-order valence-corrected chi connectivity index (χ1v) is 5.25. The molecule has 0 spiro atoms. The number of ether oxygens (including phenoxy) is 1. The summed E-state index contributed by atoms with van der Waals surface area (Å²) in [5.41, 5.74) is 0.